The van der Waals surface area contributed by atoms with Gasteiger partial charge in [0.25, 0.3) is 0 Å². The first-order chi connectivity index (χ1) is 5.65. The number of halogens is 1. The summed E-state index contributed by atoms with van der Waals surface area (Å²) in [5, 5.41) is 0. The predicted molar refractivity (Wildman–Crippen MR) is 60.4 cm³/mol. The molecule has 1 atom stereocenters. The molecule has 0 amide bonds. The van der Waals surface area contributed by atoms with Crippen LogP contribution >= 0.6 is 12.4 Å². The Hall–Kier alpha value is -0.530. The molecule has 0 unspecified atom stereocenters. The number of benzene rings is 1. The molecule has 0 heterocycles. The zero-order valence-corrected chi connectivity index (χ0v) is 9.32. The summed E-state index contributed by atoms with van der Waals surface area (Å²) in [5.74, 6) is 0. The lowest BCUT2D eigenvalue weighted by Gasteiger charge is -2.12. The number of nitrogens with two attached hydrogens (primary N) is 1. The first kappa shape index (κ1) is 12.5. The summed E-state index contributed by atoms with van der Waals surface area (Å²) >= 11 is 0. The van der Waals surface area contributed by atoms with Gasteiger partial charge in [-0.15, -0.1) is 12.4 Å². The summed E-state index contributed by atoms with van der Waals surface area (Å²) in [4.78, 5) is 0. The highest BCUT2D eigenvalue weighted by Crippen LogP contribution is 2.18. The summed E-state index contributed by atoms with van der Waals surface area (Å²) in [6, 6.07) is 6.65. The van der Waals surface area contributed by atoms with E-state index in [2.05, 4.69) is 39.0 Å². The van der Waals surface area contributed by atoms with Crippen LogP contribution < -0.4 is 5.73 Å². The molecule has 1 rings (SSSR count). The van der Waals surface area contributed by atoms with Gasteiger partial charge in [0.2, 0.25) is 0 Å². The first-order valence-electron chi connectivity index (χ1n) is 4.48. The Balaban J connectivity index is 0.00000144. The molecule has 0 aliphatic rings. The second kappa shape index (κ2) is 5.25. The van der Waals surface area contributed by atoms with Crippen molar-refractivity contribution in [3.63, 3.8) is 0 Å². The molecule has 0 fully saturated rings. The van der Waals surface area contributed by atoms with E-state index in [1.165, 1.54) is 16.7 Å². The molecule has 1 aromatic rings. The normalized spacial score (nSPS) is 12.0. The van der Waals surface area contributed by atoms with E-state index < -0.39 is 0 Å². The van der Waals surface area contributed by atoms with Gasteiger partial charge in [-0.05, 0) is 31.4 Å². The summed E-state index contributed by atoms with van der Waals surface area (Å²) < 4.78 is 0. The van der Waals surface area contributed by atoms with Gasteiger partial charge in [-0.2, -0.15) is 0 Å². The number of hydrogen-bond donors (Lipinski definition) is 1. The summed E-state index contributed by atoms with van der Waals surface area (Å²) in [6.07, 6.45) is 1.00. The lowest BCUT2D eigenvalue weighted by Crippen LogP contribution is -2.10. The van der Waals surface area contributed by atoms with E-state index in [9.17, 15) is 0 Å². The van der Waals surface area contributed by atoms with Crippen molar-refractivity contribution in [3.05, 3.63) is 34.9 Å². The molecule has 1 aromatic carbocycles. The highest BCUT2D eigenvalue weighted by Gasteiger charge is 2.05. The van der Waals surface area contributed by atoms with Gasteiger partial charge < -0.3 is 5.73 Å². The van der Waals surface area contributed by atoms with E-state index in [0.29, 0.717) is 0 Å². The van der Waals surface area contributed by atoms with E-state index >= 15 is 0 Å². The zero-order chi connectivity index (χ0) is 9.14. The molecule has 2 N–H and O–H groups in total. The number of aryl methyl sites for hydroxylation is 2. The van der Waals surface area contributed by atoms with Crippen LogP contribution in [0.5, 0.6) is 0 Å². The molecular weight excluding hydrogens is 182 g/mol. The van der Waals surface area contributed by atoms with Crippen LogP contribution in [0.4, 0.5) is 0 Å². The summed E-state index contributed by atoms with van der Waals surface area (Å²) in [5.41, 5.74) is 9.84. The van der Waals surface area contributed by atoms with Gasteiger partial charge in [0.1, 0.15) is 0 Å². The van der Waals surface area contributed by atoms with Gasteiger partial charge in [0.15, 0.2) is 0 Å². The largest absolute Gasteiger partial charge is 0.324 e. The fourth-order valence-electron chi connectivity index (χ4n) is 1.46. The van der Waals surface area contributed by atoms with Crippen LogP contribution in [0.15, 0.2) is 18.2 Å². The fourth-order valence-corrected chi connectivity index (χ4v) is 1.46. The monoisotopic (exact) mass is 199 g/mol. The third-order valence-corrected chi connectivity index (χ3v) is 2.26. The Labute approximate surface area is 86.7 Å². The van der Waals surface area contributed by atoms with Crippen LogP contribution in [0.3, 0.4) is 0 Å². The molecule has 0 bridgehead atoms. The van der Waals surface area contributed by atoms with Gasteiger partial charge >= 0.3 is 0 Å². The molecule has 13 heavy (non-hydrogen) atoms. The molecule has 0 aliphatic heterocycles. The van der Waals surface area contributed by atoms with Crippen molar-refractivity contribution in [2.45, 2.75) is 33.2 Å². The molecule has 2 heteroatoms. The third-order valence-electron chi connectivity index (χ3n) is 2.26. The second-order valence-electron chi connectivity index (χ2n) is 3.37. The molecule has 0 aliphatic carbocycles. The lowest BCUT2D eigenvalue weighted by atomic mass is 9.98. The minimum absolute atomic E-state index is 0. The average Bonchev–Trinajstić information content (AvgIpc) is 2.03. The number of hydrogen-bond acceptors (Lipinski definition) is 1. The van der Waals surface area contributed by atoms with Crippen molar-refractivity contribution < 1.29 is 0 Å². The minimum atomic E-state index is 0. The maximum atomic E-state index is 5.95. The zero-order valence-electron chi connectivity index (χ0n) is 8.50. The maximum absolute atomic E-state index is 5.95. The Morgan fingerprint density at radius 1 is 1.31 bits per heavy atom. The van der Waals surface area contributed by atoms with E-state index in [0.717, 1.165) is 6.42 Å². The van der Waals surface area contributed by atoms with Crippen molar-refractivity contribution in [1.29, 1.82) is 0 Å². The van der Waals surface area contributed by atoms with Crippen LogP contribution in [0.25, 0.3) is 0 Å². The highest BCUT2D eigenvalue weighted by atomic mass is 35.5. The predicted octanol–water partition coefficient (Wildman–Crippen LogP) is 3.14. The molecule has 0 saturated carbocycles. The molecule has 0 spiro atoms. The van der Waals surface area contributed by atoms with E-state index in [-0.39, 0.29) is 18.4 Å². The molecule has 0 radical (unpaired) electrons. The summed E-state index contributed by atoms with van der Waals surface area (Å²) in [6.45, 7) is 6.34. The van der Waals surface area contributed by atoms with Gasteiger partial charge in [0.05, 0.1) is 0 Å². The van der Waals surface area contributed by atoms with E-state index in [4.69, 9.17) is 5.73 Å². The van der Waals surface area contributed by atoms with Crippen LogP contribution in [-0.2, 0) is 0 Å². The van der Waals surface area contributed by atoms with Crippen LogP contribution in [0.2, 0.25) is 0 Å². The lowest BCUT2D eigenvalue weighted by molar-refractivity contribution is 0.693. The second-order valence-corrected chi connectivity index (χ2v) is 3.37. The van der Waals surface area contributed by atoms with Crippen LogP contribution in [0, 0.1) is 13.8 Å². The molecule has 0 saturated heterocycles. The molecule has 0 aromatic heterocycles. The Morgan fingerprint density at radius 2 is 1.92 bits per heavy atom. The maximum Gasteiger partial charge on any atom is 0.0294 e. The average molecular weight is 200 g/mol. The molecule has 74 valence electrons. The topological polar surface area (TPSA) is 26.0 Å². The number of rotatable bonds is 2. The summed E-state index contributed by atoms with van der Waals surface area (Å²) in [7, 11) is 0. The van der Waals surface area contributed by atoms with Crippen molar-refractivity contribution in [3.8, 4) is 0 Å². The SMILES string of the molecule is CC[C@H](N)c1ccc(C)cc1C.Cl. The first-order valence-corrected chi connectivity index (χ1v) is 4.48. The Bertz CT molecular complexity index is 271. The Kier molecular flexibility index (Phi) is 5.04. The third kappa shape index (κ3) is 3.02. The van der Waals surface area contributed by atoms with Gasteiger partial charge in [-0.3, -0.25) is 0 Å². The van der Waals surface area contributed by atoms with Gasteiger partial charge in [-0.25, -0.2) is 0 Å². The van der Waals surface area contributed by atoms with E-state index in [1.807, 2.05) is 0 Å². The van der Waals surface area contributed by atoms with E-state index in [1.54, 1.807) is 0 Å². The van der Waals surface area contributed by atoms with Crippen molar-refractivity contribution >= 4 is 12.4 Å². The smallest absolute Gasteiger partial charge is 0.0294 e. The standard InChI is InChI=1S/C11H17N.ClH/c1-4-11(12)10-6-5-8(2)7-9(10)3;/h5-7,11H,4,12H2,1-3H3;1H/t11-;/m0./s1. The van der Waals surface area contributed by atoms with Crippen molar-refractivity contribution in [2.75, 3.05) is 0 Å². The fraction of sp³-hybridized carbons (Fsp3) is 0.455. The highest BCUT2D eigenvalue weighted by molar-refractivity contribution is 5.85. The van der Waals surface area contributed by atoms with Crippen LogP contribution in [-0.4, -0.2) is 0 Å². The Morgan fingerprint density at radius 3 is 2.38 bits per heavy atom. The molecule has 1 nitrogen and oxygen atoms in total. The van der Waals surface area contributed by atoms with Crippen molar-refractivity contribution in [2.24, 2.45) is 5.73 Å². The quantitative estimate of drug-likeness (QED) is 0.778. The molecular formula is C11H18ClN. The van der Waals surface area contributed by atoms with Gasteiger partial charge in [0, 0.05) is 6.04 Å². The van der Waals surface area contributed by atoms with Crippen molar-refractivity contribution in [1.82, 2.24) is 0 Å². The van der Waals surface area contributed by atoms with Crippen LogP contribution in [0.1, 0.15) is 36.1 Å². The minimum Gasteiger partial charge on any atom is -0.324 e. The van der Waals surface area contributed by atoms with Gasteiger partial charge in [-0.1, -0.05) is 30.7 Å².